The molecule has 1 atom stereocenters. The number of aryl methyl sites for hydroxylation is 1. The number of hydrogen-bond acceptors (Lipinski definition) is 4. The molecule has 0 saturated heterocycles. The van der Waals surface area contributed by atoms with Gasteiger partial charge in [-0.3, -0.25) is 14.9 Å². The SMILES string of the molecule is Cc1cc(NC(C)C(N)=O)c(Br)cc1[N+](=O)[O-]. The standard InChI is InChI=1S/C10H12BrN3O3/c1-5-3-8(13-6(2)10(12)15)7(11)4-9(5)14(16)17/h3-4,6,13H,1-2H3,(H2,12,15). The highest BCUT2D eigenvalue weighted by atomic mass is 79.9. The zero-order chi connectivity index (χ0) is 13.2. The molecule has 1 aromatic carbocycles. The first kappa shape index (κ1) is 13.4. The summed E-state index contributed by atoms with van der Waals surface area (Å²) < 4.78 is 0.517. The van der Waals surface area contributed by atoms with Gasteiger partial charge in [0.1, 0.15) is 6.04 Å². The van der Waals surface area contributed by atoms with Crippen molar-refractivity contribution in [2.75, 3.05) is 5.32 Å². The Kier molecular flexibility index (Phi) is 4.06. The van der Waals surface area contributed by atoms with Crippen molar-refractivity contribution in [3.8, 4) is 0 Å². The number of nitro groups is 1. The van der Waals surface area contributed by atoms with E-state index in [0.29, 0.717) is 15.7 Å². The number of halogens is 1. The van der Waals surface area contributed by atoms with Crippen molar-refractivity contribution >= 4 is 33.2 Å². The molecule has 0 bridgehead atoms. The Morgan fingerprint density at radius 1 is 1.59 bits per heavy atom. The fourth-order valence-corrected chi connectivity index (χ4v) is 1.73. The lowest BCUT2D eigenvalue weighted by atomic mass is 10.1. The van der Waals surface area contributed by atoms with E-state index in [1.54, 1.807) is 19.9 Å². The van der Waals surface area contributed by atoms with Gasteiger partial charge in [0, 0.05) is 21.8 Å². The number of rotatable bonds is 4. The fourth-order valence-electron chi connectivity index (χ4n) is 1.28. The second-order valence-corrected chi connectivity index (χ2v) is 4.50. The van der Waals surface area contributed by atoms with Crippen molar-refractivity contribution in [2.24, 2.45) is 5.73 Å². The number of carbonyl (C=O) groups excluding carboxylic acids is 1. The molecule has 0 aliphatic rings. The summed E-state index contributed by atoms with van der Waals surface area (Å²) in [4.78, 5) is 21.2. The molecule has 17 heavy (non-hydrogen) atoms. The van der Waals surface area contributed by atoms with Crippen LogP contribution in [0.25, 0.3) is 0 Å². The summed E-state index contributed by atoms with van der Waals surface area (Å²) in [5.41, 5.74) is 6.26. The zero-order valence-corrected chi connectivity index (χ0v) is 10.9. The van der Waals surface area contributed by atoms with Crippen LogP contribution >= 0.6 is 15.9 Å². The van der Waals surface area contributed by atoms with E-state index >= 15 is 0 Å². The van der Waals surface area contributed by atoms with E-state index in [1.807, 2.05) is 0 Å². The molecule has 6 nitrogen and oxygen atoms in total. The van der Waals surface area contributed by atoms with Crippen LogP contribution in [-0.4, -0.2) is 16.9 Å². The monoisotopic (exact) mass is 301 g/mol. The second kappa shape index (κ2) is 5.13. The third-order valence-corrected chi connectivity index (χ3v) is 2.94. The number of nitrogens with one attached hydrogen (secondary N) is 1. The van der Waals surface area contributed by atoms with Crippen molar-refractivity contribution in [1.29, 1.82) is 0 Å². The van der Waals surface area contributed by atoms with Gasteiger partial charge < -0.3 is 11.1 Å². The lowest BCUT2D eigenvalue weighted by molar-refractivity contribution is -0.385. The van der Waals surface area contributed by atoms with E-state index in [-0.39, 0.29) is 5.69 Å². The molecule has 7 heteroatoms. The van der Waals surface area contributed by atoms with Crippen molar-refractivity contribution in [2.45, 2.75) is 19.9 Å². The lowest BCUT2D eigenvalue weighted by Crippen LogP contribution is -2.32. The topological polar surface area (TPSA) is 98.3 Å². The highest BCUT2D eigenvalue weighted by Crippen LogP contribution is 2.30. The molecule has 0 heterocycles. The van der Waals surface area contributed by atoms with Gasteiger partial charge in [0.25, 0.3) is 5.69 Å². The van der Waals surface area contributed by atoms with E-state index in [1.165, 1.54) is 6.07 Å². The molecule has 0 spiro atoms. The van der Waals surface area contributed by atoms with Crippen molar-refractivity contribution in [3.05, 3.63) is 32.3 Å². The van der Waals surface area contributed by atoms with E-state index in [0.717, 1.165) is 0 Å². The normalized spacial score (nSPS) is 11.9. The summed E-state index contributed by atoms with van der Waals surface area (Å²) in [6.07, 6.45) is 0. The summed E-state index contributed by atoms with van der Waals surface area (Å²) in [7, 11) is 0. The van der Waals surface area contributed by atoms with Crippen LogP contribution in [0.5, 0.6) is 0 Å². The van der Waals surface area contributed by atoms with Crippen LogP contribution in [-0.2, 0) is 4.79 Å². The first-order chi connectivity index (χ1) is 7.82. The van der Waals surface area contributed by atoms with Crippen molar-refractivity contribution < 1.29 is 9.72 Å². The van der Waals surface area contributed by atoms with Crippen LogP contribution in [0.15, 0.2) is 16.6 Å². The van der Waals surface area contributed by atoms with Gasteiger partial charge in [-0.1, -0.05) is 0 Å². The summed E-state index contributed by atoms with van der Waals surface area (Å²) in [5.74, 6) is -0.493. The second-order valence-electron chi connectivity index (χ2n) is 3.64. The molecule has 0 aromatic heterocycles. The summed E-state index contributed by atoms with van der Waals surface area (Å²) in [6, 6.07) is 2.44. The van der Waals surface area contributed by atoms with E-state index in [9.17, 15) is 14.9 Å². The molecular weight excluding hydrogens is 290 g/mol. The van der Waals surface area contributed by atoms with Crippen LogP contribution in [0.1, 0.15) is 12.5 Å². The predicted octanol–water partition coefficient (Wildman–Crippen LogP) is 1.95. The van der Waals surface area contributed by atoms with Gasteiger partial charge in [-0.2, -0.15) is 0 Å². The maximum absolute atomic E-state index is 10.9. The predicted molar refractivity (Wildman–Crippen MR) is 67.8 cm³/mol. The Balaban J connectivity index is 3.08. The van der Waals surface area contributed by atoms with Gasteiger partial charge in [-0.25, -0.2) is 0 Å². The molecule has 0 fully saturated rings. The molecule has 1 rings (SSSR count). The third-order valence-electron chi connectivity index (χ3n) is 2.28. The maximum Gasteiger partial charge on any atom is 0.273 e. The summed E-state index contributed by atoms with van der Waals surface area (Å²) >= 11 is 3.21. The van der Waals surface area contributed by atoms with Gasteiger partial charge in [-0.15, -0.1) is 0 Å². The maximum atomic E-state index is 10.9. The number of nitrogens with two attached hydrogens (primary N) is 1. The Labute approximate surface area is 106 Å². The molecule has 1 aromatic rings. The molecule has 0 aliphatic heterocycles. The Morgan fingerprint density at radius 2 is 2.18 bits per heavy atom. The molecule has 3 N–H and O–H groups in total. The van der Waals surface area contributed by atoms with Crippen LogP contribution < -0.4 is 11.1 Å². The van der Waals surface area contributed by atoms with Crippen LogP contribution in [0.2, 0.25) is 0 Å². The highest BCUT2D eigenvalue weighted by molar-refractivity contribution is 9.10. The molecular formula is C10H12BrN3O3. The minimum atomic E-state index is -0.549. The first-order valence-electron chi connectivity index (χ1n) is 4.83. The minimum Gasteiger partial charge on any atom is -0.373 e. The molecule has 0 saturated carbocycles. The van der Waals surface area contributed by atoms with E-state index in [2.05, 4.69) is 21.2 Å². The quantitative estimate of drug-likeness (QED) is 0.656. The molecule has 0 radical (unpaired) electrons. The van der Waals surface area contributed by atoms with Gasteiger partial charge in [-0.05, 0) is 35.8 Å². The van der Waals surface area contributed by atoms with Gasteiger partial charge >= 0.3 is 0 Å². The summed E-state index contributed by atoms with van der Waals surface area (Å²) in [6.45, 7) is 3.25. The Hall–Kier alpha value is -1.63. The number of nitro benzene ring substituents is 1. The number of carbonyl (C=O) groups is 1. The largest absolute Gasteiger partial charge is 0.373 e. The smallest absolute Gasteiger partial charge is 0.273 e. The van der Waals surface area contributed by atoms with Crippen molar-refractivity contribution in [1.82, 2.24) is 0 Å². The Bertz CT molecular complexity index is 476. The number of hydrogen-bond donors (Lipinski definition) is 2. The first-order valence-corrected chi connectivity index (χ1v) is 5.62. The Morgan fingerprint density at radius 3 is 2.65 bits per heavy atom. The molecule has 0 aliphatic carbocycles. The van der Waals surface area contributed by atoms with Gasteiger partial charge in [0.05, 0.1) is 4.92 Å². The highest BCUT2D eigenvalue weighted by Gasteiger charge is 2.16. The van der Waals surface area contributed by atoms with E-state index in [4.69, 9.17) is 5.73 Å². The number of anilines is 1. The average molecular weight is 302 g/mol. The van der Waals surface area contributed by atoms with Gasteiger partial charge in [0.15, 0.2) is 0 Å². The molecule has 92 valence electrons. The third kappa shape index (κ3) is 3.16. The number of nitrogens with zero attached hydrogens (tertiary/aromatic N) is 1. The number of primary amides is 1. The number of amides is 1. The fraction of sp³-hybridized carbons (Fsp3) is 0.300. The summed E-state index contributed by atoms with van der Waals surface area (Å²) in [5, 5.41) is 13.6. The van der Waals surface area contributed by atoms with Crippen LogP contribution in [0, 0.1) is 17.0 Å². The van der Waals surface area contributed by atoms with Gasteiger partial charge in [0.2, 0.25) is 5.91 Å². The van der Waals surface area contributed by atoms with Crippen LogP contribution in [0.4, 0.5) is 11.4 Å². The zero-order valence-electron chi connectivity index (χ0n) is 9.36. The molecule has 1 amide bonds. The number of benzene rings is 1. The average Bonchev–Trinajstić information content (AvgIpc) is 2.22. The lowest BCUT2D eigenvalue weighted by Gasteiger charge is -2.13. The minimum absolute atomic E-state index is 0.0224. The van der Waals surface area contributed by atoms with E-state index < -0.39 is 16.9 Å². The molecule has 1 unspecified atom stereocenters. The van der Waals surface area contributed by atoms with Crippen LogP contribution in [0.3, 0.4) is 0 Å². The van der Waals surface area contributed by atoms with Crippen molar-refractivity contribution in [3.63, 3.8) is 0 Å².